The summed E-state index contributed by atoms with van der Waals surface area (Å²) in [5.74, 6) is 0.831. The average molecular weight is 316 g/mol. The van der Waals surface area contributed by atoms with Gasteiger partial charge in [0.1, 0.15) is 5.76 Å². The molecule has 0 fully saturated rings. The first-order valence-electron chi connectivity index (χ1n) is 5.10. The Morgan fingerprint density at radius 2 is 2.22 bits per heavy atom. The van der Waals surface area contributed by atoms with Crippen LogP contribution in [0.5, 0.6) is 0 Å². The maximum Gasteiger partial charge on any atom is 0.122 e. The van der Waals surface area contributed by atoms with Crippen molar-refractivity contribution in [1.82, 2.24) is 0 Å². The van der Waals surface area contributed by atoms with Gasteiger partial charge in [0.2, 0.25) is 0 Å². The molecule has 1 N–H and O–H groups in total. The van der Waals surface area contributed by atoms with Gasteiger partial charge in [-0.2, -0.15) is 0 Å². The molecular formula is C12H10ClNOS3. The van der Waals surface area contributed by atoms with Crippen molar-refractivity contribution in [1.29, 1.82) is 0 Å². The van der Waals surface area contributed by atoms with E-state index in [4.69, 9.17) is 28.2 Å². The summed E-state index contributed by atoms with van der Waals surface area (Å²) in [7, 11) is 0. The molecule has 1 heterocycles. The Bertz CT molecular complexity index is 569. The molecule has 0 amide bonds. The van der Waals surface area contributed by atoms with E-state index in [0.717, 1.165) is 17.0 Å². The third-order valence-corrected chi connectivity index (χ3v) is 3.63. The van der Waals surface area contributed by atoms with Gasteiger partial charge in [-0.1, -0.05) is 23.8 Å². The van der Waals surface area contributed by atoms with Crippen LogP contribution in [0.1, 0.15) is 11.3 Å². The maximum atomic E-state index is 6.04. The normalized spacial score (nSPS) is 10.4. The Balaban J connectivity index is 2.25. The van der Waals surface area contributed by atoms with Gasteiger partial charge < -0.3 is 9.73 Å². The second-order valence-corrected chi connectivity index (χ2v) is 5.63. The summed E-state index contributed by atoms with van der Waals surface area (Å²) in [5.41, 5.74) is 1.61. The Morgan fingerprint density at radius 1 is 1.44 bits per heavy atom. The summed E-state index contributed by atoms with van der Waals surface area (Å²) in [6.45, 7) is 0.554. The van der Waals surface area contributed by atoms with E-state index in [9.17, 15) is 0 Å². The van der Waals surface area contributed by atoms with E-state index in [2.05, 4.69) is 30.6 Å². The zero-order chi connectivity index (χ0) is 13.1. The maximum absolute atomic E-state index is 6.04. The van der Waals surface area contributed by atoms with Crippen molar-refractivity contribution in [2.45, 2.75) is 11.4 Å². The van der Waals surface area contributed by atoms with Gasteiger partial charge >= 0.3 is 0 Å². The number of anilines is 1. The highest BCUT2D eigenvalue weighted by Crippen LogP contribution is 2.29. The lowest BCUT2D eigenvalue weighted by atomic mass is 10.2. The first kappa shape index (κ1) is 13.8. The number of furan rings is 1. The van der Waals surface area contributed by atoms with Gasteiger partial charge in [0.25, 0.3) is 0 Å². The second kappa shape index (κ2) is 6.02. The minimum Gasteiger partial charge on any atom is -0.467 e. The third-order valence-electron chi connectivity index (χ3n) is 2.35. The van der Waals surface area contributed by atoms with Crippen molar-refractivity contribution in [2.24, 2.45) is 0 Å². The predicted molar refractivity (Wildman–Crippen MR) is 85.4 cm³/mol. The molecule has 1 aromatic carbocycles. The molecule has 18 heavy (non-hydrogen) atoms. The van der Waals surface area contributed by atoms with Gasteiger partial charge in [0.05, 0.1) is 22.0 Å². The molecule has 0 aliphatic heterocycles. The molecule has 94 valence electrons. The van der Waals surface area contributed by atoms with Crippen LogP contribution >= 0.6 is 49.1 Å². The summed E-state index contributed by atoms with van der Waals surface area (Å²) in [6.07, 6.45) is 1.63. The van der Waals surface area contributed by atoms with Gasteiger partial charge in [-0.3, -0.25) is 0 Å². The van der Waals surface area contributed by atoms with E-state index in [-0.39, 0.29) is 0 Å². The zero-order valence-corrected chi connectivity index (χ0v) is 12.5. The monoisotopic (exact) mass is 315 g/mol. The van der Waals surface area contributed by atoms with Gasteiger partial charge in [-0.05, 0) is 24.3 Å². The number of halogens is 1. The van der Waals surface area contributed by atoms with E-state index in [0.29, 0.717) is 20.7 Å². The Hall–Kier alpha value is -0.620. The van der Waals surface area contributed by atoms with Gasteiger partial charge in [-0.15, -0.1) is 25.3 Å². The molecule has 2 rings (SSSR count). The topological polar surface area (TPSA) is 25.2 Å². The number of rotatable bonds is 4. The SMILES string of the molecule is S=C(S)c1cc(S)c(Cl)cc1NCc1ccco1. The van der Waals surface area contributed by atoms with Crippen molar-refractivity contribution >= 4 is 59.0 Å². The second-order valence-electron chi connectivity index (χ2n) is 3.59. The largest absolute Gasteiger partial charge is 0.467 e. The number of hydrogen-bond acceptors (Lipinski definition) is 4. The first-order chi connectivity index (χ1) is 8.58. The van der Waals surface area contributed by atoms with E-state index in [1.165, 1.54) is 0 Å². The van der Waals surface area contributed by atoms with Crippen molar-refractivity contribution in [3.8, 4) is 0 Å². The Kier molecular flexibility index (Phi) is 4.61. The smallest absolute Gasteiger partial charge is 0.122 e. The van der Waals surface area contributed by atoms with Gasteiger partial charge in [0, 0.05) is 16.1 Å². The van der Waals surface area contributed by atoms with Crippen molar-refractivity contribution in [3.63, 3.8) is 0 Å². The molecule has 0 aliphatic carbocycles. The van der Waals surface area contributed by atoms with E-state index in [1.807, 2.05) is 12.1 Å². The standard InChI is InChI=1S/C12H10ClNOS3/c13-9-5-10(8(12(17)18)4-11(9)16)14-6-7-2-1-3-15-7/h1-5,14,16H,6H2,(H,17,18). The van der Waals surface area contributed by atoms with E-state index < -0.39 is 0 Å². The quantitative estimate of drug-likeness (QED) is 0.574. The van der Waals surface area contributed by atoms with Crippen LogP contribution in [0.3, 0.4) is 0 Å². The fourth-order valence-electron chi connectivity index (χ4n) is 1.48. The first-order valence-corrected chi connectivity index (χ1v) is 6.78. The molecule has 0 unspecified atom stereocenters. The summed E-state index contributed by atoms with van der Waals surface area (Å²) >= 11 is 19.6. The fraction of sp³-hybridized carbons (Fsp3) is 0.0833. The molecule has 0 spiro atoms. The lowest BCUT2D eigenvalue weighted by Gasteiger charge is -2.12. The lowest BCUT2D eigenvalue weighted by molar-refractivity contribution is 0.518. The Morgan fingerprint density at radius 3 is 2.83 bits per heavy atom. The van der Waals surface area contributed by atoms with Crippen LogP contribution in [0.2, 0.25) is 5.02 Å². The molecule has 1 aromatic heterocycles. The van der Waals surface area contributed by atoms with Gasteiger partial charge in [0.15, 0.2) is 0 Å². The minimum atomic E-state index is 0.490. The molecule has 0 saturated carbocycles. The molecule has 6 heteroatoms. The molecule has 0 aliphatic rings. The summed E-state index contributed by atoms with van der Waals surface area (Å²) < 4.78 is 5.74. The van der Waals surface area contributed by atoms with Crippen LogP contribution in [0.15, 0.2) is 39.8 Å². The van der Waals surface area contributed by atoms with Crippen LogP contribution < -0.4 is 5.32 Å². The van der Waals surface area contributed by atoms with Crippen LogP contribution in [0.4, 0.5) is 5.69 Å². The van der Waals surface area contributed by atoms with Crippen molar-refractivity contribution < 1.29 is 4.42 Å². The number of benzene rings is 1. The van der Waals surface area contributed by atoms with Crippen LogP contribution in [-0.2, 0) is 6.54 Å². The highest BCUT2D eigenvalue weighted by atomic mass is 35.5. The van der Waals surface area contributed by atoms with Crippen LogP contribution in [-0.4, -0.2) is 4.20 Å². The third kappa shape index (κ3) is 3.23. The van der Waals surface area contributed by atoms with Crippen molar-refractivity contribution in [2.75, 3.05) is 5.32 Å². The molecule has 2 nitrogen and oxygen atoms in total. The number of thiol groups is 2. The fourth-order valence-corrected chi connectivity index (χ4v) is 2.19. The van der Waals surface area contributed by atoms with Crippen LogP contribution in [0, 0.1) is 0 Å². The minimum absolute atomic E-state index is 0.490. The number of nitrogens with one attached hydrogen (secondary N) is 1. The average Bonchev–Trinajstić information content (AvgIpc) is 2.83. The van der Waals surface area contributed by atoms with E-state index >= 15 is 0 Å². The molecular weight excluding hydrogens is 306 g/mol. The van der Waals surface area contributed by atoms with E-state index in [1.54, 1.807) is 18.4 Å². The highest BCUT2D eigenvalue weighted by Gasteiger charge is 2.09. The molecule has 0 bridgehead atoms. The lowest BCUT2D eigenvalue weighted by Crippen LogP contribution is -2.03. The zero-order valence-electron chi connectivity index (χ0n) is 9.18. The number of hydrogen-bond donors (Lipinski definition) is 3. The van der Waals surface area contributed by atoms with Crippen LogP contribution in [0.25, 0.3) is 0 Å². The predicted octanol–water partition coefficient (Wildman–Crippen LogP) is 4.44. The molecule has 0 saturated heterocycles. The number of thiocarbonyl (C=S) groups is 1. The summed E-state index contributed by atoms with van der Waals surface area (Å²) in [6, 6.07) is 7.31. The summed E-state index contributed by atoms with van der Waals surface area (Å²) in [4.78, 5) is 0.673. The molecule has 2 aromatic rings. The van der Waals surface area contributed by atoms with Crippen molar-refractivity contribution in [3.05, 3.63) is 46.9 Å². The molecule has 0 radical (unpaired) electrons. The highest BCUT2D eigenvalue weighted by molar-refractivity contribution is 8.11. The van der Waals surface area contributed by atoms with Gasteiger partial charge in [-0.25, -0.2) is 0 Å². The summed E-state index contributed by atoms with van der Waals surface area (Å²) in [5, 5.41) is 3.78. The Labute approximate surface area is 127 Å². The molecule has 0 atom stereocenters.